The Kier molecular flexibility index (Phi) is 3.33. The molecule has 0 aromatic carbocycles. The predicted octanol–water partition coefficient (Wildman–Crippen LogP) is 2.20. The number of nitrogens with two attached hydrogens (primary N) is 1. The minimum Gasteiger partial charge on any atom is -0.404 e. The van der Waals surface area contributed by atoms with Gasteiger partial charge in [0.15, 0.2) is 0 Å². The van der Waals surface area contributed by atoms with Crippen LogP contribution >= 0.6 is 15.9 Å². The van der Waals surface area contributed by atoms with Gasteiger partial charge in [0.2, 0.25) is 0 Å². The second-order valence-corrected chi connectivity index (χ2v) is 3.21. The summed E-state index contributed by atoms with van der Waals surface area (Å²) in [6.07, 6.45) is -3.73. The molecule has 3 nitrogen and oxygen atoms in total. The number of rotatable bonds is 2. The van der Waals surface area contributed by atoms with Crippen molar-refractivity contribution >= 4 is 15.9 Å². The van der Waals surface area contributed by atoms with Crippen molar-refractivity contribution in [3.05, 3.63) is 22.4 Å². The smallest absolute Gasteiger partial charge is 0.404 e. The Morgan fingerprint density at radius 3 is 2.57 bits per heavy atom. The molecule has 0 atom stereocenters. The van der Waals surface area contributed by atoms with Crippen LogP contribution in [-0.4, -0.2) is 11.3 Å². The molecule has 1 rings (SSSR count). The molecule has 0 saturated heterocycles. The van der Waals surface area contributed by atoms with E-state index < -0.39 is 6.36 Å². The second kappa shape index (κ2) is 4.14. The molecule has 0 bridgehead atoms. The molecule has 0 aliphatic heterocycles. The summed E-state index contributed by atoms with van der Waals surface area (Å²) in [5.74, 6) is -0.374. The molecular formula is C7H6BrF3N2O. The summed E-state index contributed by atoms with van der Waals surface area (Å²) in [6, 6.07) is 1.17. The van der Waals surface area contributed by atoms with E-state index in [1.165, 1.54) is 6.07 Å². The van der Waals surface area contributed by atoms with Crippen LogP contribution in [0, 0.1) is 0 Å². The number of halogens is 4. The largest absolute Gasteiger partial charge is 0.573 e. The summed E-state index contributed by atoms with van der Waals surface area (Å²) in [6.45, 7) is 0.146. The molecular weight excluding hydrogens is 265 g/mol. The summed E-state index contributed by atoms with van der Waals surface area (Å²) in [5.41, 5.74) is 5.74. The fraction of sp³-hybridized carbons (Fsp3) is 0.286. The molecule has 1 heterocycles. The van der Waals surface area contributed by atoms with E-state index in [0.29, 0.717) is 10.2 Å². The van der Waals surface area contributed by atoms with Crippen LogP contribution in [0.1, 0.15) is 5.69 Å². The lowest BCUT2D eigenvalue weighted by atomic mass is 10.3. The van der Waals surface area contributed by atoms with Crippen molar-refractivity contribution in [1.29, 1.82) is 0 Å². The van der Waals surface area contributed by atoms with Gasteiger partial charge in [-0.25, -0.2) is 0 Å². The zero-order valence-electron chi connectivity index (χ0n) is 6.81. The molecule has 0 spiro atoms. The minimum absolute atomic E-state index is 0.146. The van der Waals surface area contributed by atoms with Gasteiger partial charge in [0.1, 0.15) is 5.75 Å². The van der Waals surface area contributed by atoms with Crippen molar-refractivity contribution < 1.29 is 17.9 Å². The van der Waals surface area contributed by atoms with E-state index in [9.17, 15) is 13.2 Å². The van der Waals surface area contributed by atoms with Crippen molar-refractivity contribution in [3.8, 4) is 5.75 Å². The quantitative estimate of drug-likeness (QED) is 0.897. The maximum atomic E-state index is 11.8. The second-order valence-electron chi connectivity index (χ2n) is 2.35. The first-order valence-electron chi connectivity index (χ1n) is 3.52. The van der Waals surface area contributed by atoms with E-state index in [1.807, 2.05) is 0 Å². The van der Waals surface area contributed by atoms with Gasteiger partial charge in [-0.05, 0) is 22.0 Å². The first-order valence-corrected chi connectivity index (χ1v) is 4.32. The molecule has 0 fully saturated rings. The van der Waals surface area contributed by atoms with Crippen molar-refractivity contribution in [2.24, 2.45) is 5.73 Å². The highest BCUT2D eigenvalue weighted by atomic mass is 79.9. The molecule has 0 saturated carbocycles. The van der Waals surface area contributed by atoms with Gasteiger partial charge >= 0.3 is 6.36 Å². The maximum absolute atomic E-state index is 11.8. The van der Waals surface area contributed by atoms with E-state index in [1.54, 1.807) is 0 Å². The fourth-order valence-electron chi connectivity index (χ4n) is 0.788. The topological polar surface area (TPSA) is 48.1 Å². The standard InChI is InChI=1S/C7H6BrF3N2O/c8-5-1-4(14-7(9,10)11)3-13-6(5)2-12/h1,3H,2,12H2. The van der Waals surface area contributed by atoms with Crippen LogP contribution in [0.3, 0.4) is 0 Å². The number of hydrogen-bond donors (Lipinski definition) is 1. The fourth-order valence-corrected chi connectivity index (χ4v) is 1.28. The molecule has 0 unspecified atom stereocenters. The summed E-state index contributed by atoms with van der Waals surface area (Å²) in [4.78, 5) is 3.68. The average Bonchev–Trinajstić information content (AvgIpc) is 2.01. The van der Waals surface area contributed by atoms with Gasteiger partial charge < -0.3 is 10.5 Å². The SMILES string of the molecule is NCc1ncc(OC(F)(F)F)cc1Br. The number of hydrogen-bond acceptors (Lipinski definition) is 3. The molecule has 14 heavy (non-hydrogen) atoms. The maximum Gasteiger partial charge on any atom is 0.573 e. The number of pyridine rings is 1. The molecule has 1 aromatic rings. The predicted molar refractivity (Wildman–Crippen MR) is 46.5 cm³/mol. The third kappa shape index (κ3) is 3.15. The number of nitrogens with zero attached hydrogens (tertiary/aromatic N) is 1. The zero-order chi connectivity index (χ0) is 10.8. The van der Waals surface area contributed by atoms with Gasteiger partial charge in [-0.15, -0.1) is 13.2 Å². The molecule has 0 aliphatic carbocycles. The van der Waals surface area contributed by atoms with Crippen molar-refractivity contribution in [1.82, 2.24) is 4.98 Å². The van der Waals surface area contributed by atoms with E-state index in [2.05, 4.69) is 25.7 Å². The lowest BCUT2D eigenvalue weighted by molar-refractivity contribution is -0.274. The van der Waals surface area contributed by atoms with Gasteiger partial charge in [0.25, 0.3) is 0 Å². The van der Waals surface area contributed by atoms with Crippen LogP contribution < -0.4 is 10.5 Å². The monoisotopic (exact) mass is 270 g/mol. The molecule has 2 N–H and O–H groups in total. The zero-order valence-corrected chi connectivity index (χ0v) is 8.39. The summed E-state index contributed by atoms with van der Waals surface area (Å²) in [5, 5.41) is 0. The summed E-state index contributed by atoms with van der Waals surface area (Å²) < 4.78 is 39.3. The Morgan fingerprint density at radius 1 is 1.50 bits per heavy atom. The number of aromatic nitrogens is 1. The molecule has 0 amide bonds. The van der Waals surface area contributed by atoms with E-state index in [0.717, 1.165) is 6.20 Å². The van der Waals surface area contributed by atoms with Crippen molar-refractivity contribution in [3.63, 3.8) is 0 Å². The first kappa shape index (κ1) is 11.3. The van der Waals surface area contributed by atoms with Crippen molar-refractivity contribution in [2.75, 3.05) is 0 Å². The highest BCUT2D eigenvalue weighted by molar-refractivity contribution is 9.10. The lowest BCUT2D eigenvalue weighted by Crippen LogP contribution is -2.17. The summed E-state index contributed by atoms with van der Waals surface area (Å²) in [7, 11) is 0. The number of alkyl halides is 3. The molecule has 1 aromatic heterocycles. The van der Waals surface area contributed by atoms with Crippen LogP contribution in [0.4, 0.5) is 13.2 Å². The highest BCUT2D eigenvalue weighted by Crippen LogP contribution is 2.25. The van der Waals surface area contributed by atoms with E-state index in [-0.39, 0.29) is 12.3 Å². The molecule has 78 valence electrons. The Labute approximate surface area is 86.2 Å². The average molecular weight is 271 g/mol. The normalized spacial score (nSPS) is 11.5. The Morgan fingerprint density at radius 2 is 2.14 bits per heavy atom. The third-order valence-electron chi connectivity index (χ3n) is 1.32. The van der Waals surface area contributed by atoms with Gasteiger partial charge in [0, 0.05) is 11.0 Å². The lowest BCUT2D eigenvalue weighted by Gasteiger charge is -2.09. The molecule has 0 radical (unpaired) electrons. The Hall–Kier alpha value is -0.820. The van der Waals surface area contributed by atoms with Crippen LogP contribution in [-0.2, 0) is 6.54 Å². The van der Waals surface area contributed by atoms with Crippen LogP contribution in [0.15, 0.2) is 16.7 Å². The van der Waals surface area contributed by atoms with Gasteiger partial charge in [0.05, 0.1) is 11.9 Å². The van der Waals surface area contributed by atoms with Crippen LogP contribution in [0.5, 0.6) is 5.75 Å². The number of ether oxygens (including phenoxy) is 1. The van der Waals surface area contributed by atoms with Crippen LogP contribution in [0.25, 0.3) is 0 Å². The highest BCUT2D eigenvalue weighted by Gasteiger charge is 2.31. The Balaban J connectivity index is 2.87. The van der Waals surface area contributed by atoms with Crippen molar-refractivity contribution in [2.45, 2.75) is 12.9 Å². The van der Waals surface area contributed by atoms with E-state index >= 15 is 0 Å². The van der Waals surface area contributed by atoms with Gasteiger partial charge in [-0.1, -0.05) is 0 Å². The minimum atomic E-state index is -4.70. The van der Waals surface area contributed by atoms with Gasteiger partial charge in [-0.3, -0.25) is 4.98 Å². The first-order chi connectivity index (χ1) is 6.42. The Bertz CT molecular complexity index is 329. The third-order valence-corrected chi connectivity index (χ3v) is 2.01. The van der Waals surface area contributed by atoms with Gasteiger partial charge in [-0.2, -0.15) is 0 Å². The molecule has 7 heteroatoms. The summed E-state index contributed by atoms with van der Waals surface area (Å²) >= 11 is 3.02. The molecule has 0 aliphatic rings. The van der Waals surface area contributed by atoms with E-state index in [4.69, 9.17) is 5.73 Å². The van der Waals surface area contributed by atoms with Crippen LogP contribution in [0.2, 0.25) is 0 Å².